The highest BCUT2D eigenvalue weighted by molar-refractivity contribution is 7.10. The van der Waals surface area contributed by atoms with Gasteiger partial charge in [-0.1, -0.05) is 0 Å². The van der Waals surface area contributed by atoms with Crippen LogP contribution < -0.4 is 5.32 Å². The molecule has 0 aromatic carbocycles. The van der Waals surface area contributed by atoms with Crippen molar-refractivity contribution in [1.29, 1.82) is 5.26 Å². The first-order valence-electron chi connectivity index (χ1n) is 4.92. The number of thiophene rings is 1. The highest BCUT2D eigenvalue weighted by Gasteiger charge is 1.99. The number of aromatic nitrogens is 1. The third kappa shape index (κ3) is 2.38. The Hall–Kier alpha value is -1.86. The summed E-state index contributed by atoms with van der Waals surface area (Å²) in [5.74, 6) is 0. The number of pyridine rings is 1. The van der Waals surface area contributed by atoms with Gasteiger partial charge in [0.1, 0.15) is 11.8 Å². The molecule has 0 aliphatic carbocycles. The molecule has 0 amide bonds. The van der Waals surface area contributed by atoms with Crippen LogP contribution in [-0.4, -0.2) is 4.98 Å². The van der Waals surface area contributed by atoms with Gasteiger partial charge in [-0.2, -0.15) is 5.26 Å². The third-order valence-electron chi connectivity index (χ3n) is 2.30. The first-order valence-corrected chi connectivity index (χ1v) is 5.80. The molecule has 4 heteroatoms. The van der Waals surface area contributed by atoms with E-state index in [-0.39, 0.29) is 0 Å². The zero-order valence-electron chi connectivity index (χ0n) is 8.90. The van der Waals surface area contributed by atoms with Gasteiger partial charge in [0.05, 0.1) is 11.9 Å². The Kier molecular flexibility index (Phi) is 3.18. The minimum atomic E-state index is 0.442. The van der Waals surface area contributed by atoms with Crippen molar-refractivity contribution in [2.24, 2.45) is 0 Å². The molecule has 2 rings (SSSR count). The van der Waals surface area contributed by atoms with E-state index in [4.69, 9.17) is 5.26 Å². The van der Waals surface area contributed by atoms with Crippen molar-refractivity contribution in [3.05, 3.63) is 45.9 Å². The average molecular weight is 229 g/mol. The van der Waals surface area contributed by atoms with E-state index in [9.17, 15) is 0 Å². The van der Waals surface area contributed by atoms with Crippen LogP contribution in [0.4, 0.5) is 5.69 Å². The standard InChI is InChI=1S/C12H11N3S/c1-9-4-5-16-12(9)8-15-11-3-2-10(6-13)14-7-11/h2-5,7,15H,8H2,1H3. The Morgan fingerprint density at radius 3 is 2.88 bits per heavy atom. The highest BCUT2D eigenvalue weighted by atomic mass is 32.1. The highest BCUT2D eigenvalue weighted by Crippen LogP contribution is 2.17. The van der Waals surface area contributed by atoms with Crippen LogP contribution in [0.5, 0.6) is 0 Å². The summed E-state index contributed by atoms with van der Waals surface area (Å²) < 4.78 is 0. The van der Waals surface area contributed by atoms with Crippen LogP contribution in [0.2, 0.25) is 0 Å². The van der Waals surface area contributed by atoms with E-state index in [0.717, 1.165) is 12.2 Å². The first-order chi connectivity index (χ1) is 7.79. The molecule has 0 atom stereocenters. The van der Waals surface area contributed by atoms with Crippen molar-refractivity contribution in [3.63, 3.8) is 0 Å². The van der Waals surface area contributed by atoms with Gasteiger partial charge in [0.25, 0.3) is 0 Å². The monoisotopic (exact) mass is 229 g/mol. The van der Waals surface area contributed by atoms with Crippen LogP contribution >= 0.6 is 11.3 Å². The Morgan fingerprint density at radius 1 is 1.44 bits per heavy atom. The zero-order valence-corrected chi connectivity index (χ0v) is 9.71. The normalized spacial score (nSPS) is 9.75. The molecule has 2 aromatic heterocycles. The molecule has 0 radical (unpaired) electrons. The van der Waals surface area contributed by atoms with Crippen molar-refractivity contribution in [3.8, 4) is 6.07 Å². The molecule has 0 unspecified atom stereocenters. The number of nitrogens with one attached hydrogen (secondary N) is 1. The molecule has 2 heterocycles. The second kappa shape index (κ2) is 4.77. The summed E-state index contributed by atoms with van der Waals surface area (Å²) in [6.07, 6.45) is 1.68. The predicted molar refractivity (Wildman–Crippen MR) is 65.3 cm³/mol. The van der Waals surface area contributed by atoms with Crippen LogP contribution in [0.15, 0.2) is 29.8 Å². The van der Waals surface area contributed by atoms with E-state index in [1.807, 2.05) is 12.1 Å². The fraction of sp³-hybridized carbons (Fsp3) is 0.167. The fourth-order valence-electron chi connectivity index (χ4n) is 1.33. The summed E-state index contributed by atoms with van der Waals surface area (Å²) in [6.45, 7) is 2.90. The lowest BCUT2D eigenvalue weighted by atomic mass is 10.3. The van der Waals surface area contributed by atoms with E-state index in [0.29, 0.717) is 5.69 Å². The molecule has 0 aliphatic heterocycles. The van der Waals surface area contributed by atoms with Crippen molar-refractivity contribution in [2.75, 3.05) is 5.32 Å². The SMILES string of the molecule is Cc1ccsc1CNc1ccc(C#N)nc1. The molecule has 0 saturated heterocycles. The van der Waals surface area contributed by atoms with Crippen molar-refractivity contribution in [1.82, 2.24) is 4.98 Å². The zero-order chi connectivity index (χ0) is 11.4. The molecule has 3 nitrogen and oxygen atoms in total. The molecule has 16 heavy (non-hydrogen) atoms. The second-order valence-electron chi connectivity index (χ2n) is 3.42. The Morgan fingerprint density at radius 2 is 2.31 bits per heavy atom. The number of anilines is 1. The minimum Gasteiger partial charge on any atom is -0.379 e. The Balaban J connectivity index is 2.00. The summed E-state index contributed by atoms with van der Waals surface area (Å²) in [5.41, 5.74) is 2.68. The average Bonchev–Trinajstić information content (AvgIpc) is 2.73. The van der Waals surface area contributed by atoms with E-state index < -0.39 is 0 Å². The topological polar surface area (TPSA) is 48.7 Å². The van der Waals surface area contributed by atoms with Crippen LogP contribution in [0.25, 0.3) is 0 Å². The Bertz CT molecular complexity index is 508. The van der Waals surface area contributed by atoms with Crippen LogP contribution in [0, 0.1) is 18.3 Å². The van der Waals surface area contributed by atoms with Gasteiger partial charge in [-0.3, -0.25) is 0 Å². The van der Waals surface area contributed by atoms with Gasteiger partial charge >= 0.3 is 0 Å². The maximum absolute atomic E-state index is 8.61. The molecule has 2 aromatic rings. The van der Waals surface area contributed by atoms with Crippen LogP contribution in [-0.2, 0) is 6.54 Å². The van der Waals surface area contributed by atoms with Crippen molar-refractivity contribution in [2.45, 2.75) is 13.5 Å². The number of nitrogens with zero attached hydrogens (tertiary/aromatic N) is 2. The molecular formula is C12H11N3S. The van der Waals surface area contributed by atoms with Gasteiger partial charge < -0.3 is 5.32 Å². The number of hydrogen-bond acceptors (Lipinski definition) is 4. The van der Waals surface area contributed by atoms with Crippen LogP contribution in [0.1, 0.15) is 16.1 Å². The molecule has 1 N–H and O–H groups in total. The summed E-state index contributed by atoms with van der Waals surface area (Å²) in [5, 5.41) is 14.0. The quantitative estimate of drug-likeness (QED) is 0.880. The predicted octanol–water partition coefficient (Wildman–Crippen LogP) is 2.94. The van der Waals surface area contributed by atoms with Crippen molar-refractivity contribution >= 4 is 17.0 Å². The summed E-state index contributed by atoms with van der Waals surface area (Å²) in [4.78, 5) is 5.32. The fourth-order valence-corrected chi connectivity index (χ4v) is 2.18. The van der Waals surface area contributed by atoms with E-state index in [1.165, 1.54) is 10.4 Å². The van der Waals surface area contributed by atoms with E-state index in [2.05, 4.69) is 28.7 Å². The third-order valence-corrected chi connectivity index (χ3v) is 3.32. The largest absolute Gasteiger partial charge is 0.379 e. The lowest BCUT2D eigenvalue weighted by Gasteiger charge is -2.04. The smallest absolute Gasteiger partial charge is 0.140 e. The number of rotatable bonds is 3. The van der Waals surface area contributed by atoms with Crippen molar-refractivity contribution < 1.29 is 0 Å². The van der Waals surface area contributed by atoms with Gasteiger partial charge in [0.2, 0.25) is 0 Å². The molecule has 0 bridgehead atoms. The summed E-state index contributed by atoms with van der Waals surface area (Å²) >= 11 is 1.74. The Labute approximate surface area is 98.4 Å². The molecule has 0 fully saturated rings. The van der Waals surface area contributed by atoms with Gasteiger partial charge in [-0.25, -0.2) is 4.98 Å². The maximum atomic E-state index is 8.61. The number of hydrogen-bond donors (Lipinski definition) is 1. The van der Waals surface area contributed by atoms with E-state index >= 15 is 0 Å². The van der Waals surface area contributed by atoms with Gasteiger partial charge in [-0.05, 0) is 36.1 Å². The second-order valence-corrected chi connectivity index (χ2v) is 4.42. The number of nitriles is 1. The molecule has 0 spiro atoms. The van der Waals surface area contributed by atoms with Gasteiger partial charge in [0, 0.05) is 11.4 Å². The minimum absolute atomic E-state index is 0.442. The maximum Gasteiger partial charge on any atom is 0.140 e. The van der Waals surface area contributed by atoms with Crippen LogP contribution in [0.3, 0.4) is 0 Å². The van der Waals surface area contributed by atoms with Gasteiger partial charge in [-0.15, -0.1) is 11.3 Å². The molecule has 0 saturated carbocycles. The first kappa shape index (κ1) is 10.7. The summed E-state index contributed by atoms with van der Waals surface area (Å²) in [6, 6.07) is 7.69. The number of aryl methyl sites for hydroxylation is 1. The summed E-state index contributed by atoms with van der Waals surface area (Å²) in [7, 11) is 0. The molecule has 80 valence electrons. The molecular weight excluding hydrogens is 218 g/mol. The van der Waals surface area contributed by atoms with Gasteiger partial charge in [0.15, 0.2) is 0 Å². The molecule has 0 aliphatic rings. The van der Waals surface area contributed by atoms with E-state index in [1.54, 1.807) is 23.6 Å². The lowest BCUT2D eigenvalue weighted by Crippen LogP contribution is -1.99. The lowest BCUT2D eigenvalue weighted by molar-refractivity contribution is 1.15.